The lowest BCUT2D eigenvalue weighted by Gasteiger charge is -2.33. The van der Waals surface area contributed by atoms with Gasteiger partial charge in [0.05, 0.1) is 5.56 Å². The van der Waals surface area contributed by atoms with Crippen molar-refractivity contribution in [2.75, 3.05) is 6.54 Å². The third-order valence-electron chi connectivity index (χ3n) is 3.59. The summed E-state index contributed by atoms with van der Waals surface area (Å²) in [4.78, 5) is 12.8. The number of halogens is 3. The van der Waals surface area contributed by atoms with Crippen LogP contribution >= 0.6 is 0 Å². The average Bonchev–Trinajstić information content (AvgIpc) is 2.38. The number of hydrogen-bond acceptors (Lipinski definition) is 2. The summed E-state index contributed by atoms with van der Waals surface area (Å²) in [6.45, 7) is 0.538. The van der Waals surface area contributed by atoms with Crippen LogP contribution in [0.15, 0.2) is 24.3 Å². The molecule has 1 saturated heterocycles. The van der Waals surface area contributed by atoms with Gasteiger partial charge >= 0.3 is 12.1 Å². The summed E-state index contributed by atoms with van der Waals surface area (Å²) >= 11 is 0. The van der Waals surface area contributed by atoms with Crippen LogP contribution in [0.4, 0.5) is 13.2 Å². The number of rotatable bonds is 3. The SMILES string of the molecule is O=C(O)C1CCCCN1Cc1ccccc1C(F)(F)F. The number of piperidine rings is 1. The predicted molar refractivity (Wildman–Crippen MR) is 67.1 cm³/mol. The van der Waals surface area contributed by atoms with Gasteiger partial charge in [0.15, 0.2) is 0 Å². The second kappa shape index (κ2) is 5.83. The van der Waals surface area contributed by atoms with Gasteiger partial charge in [0, 0.05) is 6.54 Å². The molecule has 0 radical (unpaired) electrons. The van der Waals surface area contributed by atoms with Crippen LogP contribution in [0.2, 0.25) is 0 Å². The molecule has 2 rings (SSSR count). The highest BCUT2D eigenvalue weighted by atomic mass is 19.4. The first-order chi connectivity index (χ1) is 9.39. The maximum atomic E-state index is 12.9. The van der Waals surface area contributed by atoms with E-state index in [9.17, 15) is 18.0 Å². The summed E-state index contributed by atoms with van der Waals surface area (Å²) in [5.74, 6) is -0.964. The van der Waals surface area contributed by atoms with Crippen LogP contribution in [0.25, 0.3) is 0 Å². The van der Waals surface area contributed by atoms with Crippen LogP contribution in [-0.2, 0) is 17.5 Å². The standard InChI is InChI=1S/C14H16F3NO2/c15-14(16,17)11-6-2-1-5-10(11)9-18-8-4-3-7-12(18)13(19)20/h1-2,5-6,12H,3-4,7-9H2,(H,19,20). The highest BCUT2D eigenvalue weighted by Gasteiger charge is 2.35. The van der Waals surface area contributed by atoms with Crippen molar-refractivity contribution in [1.82, 2.24) is 4.90 Å². The Morgan fingerprint density at radius 1 is 1.30 bits per heavy atom. The second-order valence-corrected chi connectivity index (χ2v) is 4.98. The Hall–Kier alpha value is -1.56. The van der Waals surface area contributed by atoms with Crippen LogP contribution in [0.3, 0.4) is 0 Å². The minimum absolute atomic E-state index is 0.0205. The fourth-order valence-corrected chi connectivity index (χ4v) is 2.61. The van der Waals surface area contributed by atoms with E-state index in [0.717, 1.165) is 18.9 Å². The minimum atomic E-state index is -4.41. The van der Waals surface area contributed by atoms with E-state index in [-0.39, 0.29) is 12.1 Å². The van der Waals surface area contributed by atoms with Gasteiger partial charge in [0.25, 0.3) is 0 Å². The van der Waals surface area contributed by atoms with Gasteiger partial charge in [-0.2, -0.15) is 13.2 Å². The van der Waals surface area contributed by atoms with Crippen molar-refractivity contribution >= 4 is 5.97 Å². The molecule has 3 nitrogen and oxygen atoms in total. The van der Waals surface area contributed by atoms with Crippen LogP contribution in [-0.4, -0.2) is 28.6 Å². The van der Waals surface area contributed by atoms with Crippen LogP contribution in [0.1, 0.15) is 30.4 Å². The molecular weight excluding hydrogens is 271 g/mol. The third kappa shape index (κ3) is 3.30. The van der Waals surface area contributed by atoms with Crippen molar-refractivity contribution < 1.29 is 23.1 Å². The summed E-state index contributed by atoms with van der Waals surface area (Å²) in [7, 11) is 0. The molecule has 0 aliphatic carbocycles. The van der Waals surface area contributed by atoms with Gasteiger partial charge < -0.3 is 5.11 Å². The van der Waals surface area contributed by atoms with Gasteiger partial charge in [-0.3, -0.25) is 9.69 Å². The normalized spacial score (nSPS) is 20.9. The van der Waals surface area contributed by atoms with Gasteiger partial charge in [-0.05, 0) is 31.0 Å². The molecule has 0 amide bonds. The Morgan fingerprint density at radius 3 is 2.65 bits per heavy atom. The van der Waals surface area contributed by atoms with Crippen molar-refractivity contribution in [3.63, 3.8) is 0 Å². The zero-order valence-electron chi connectivity index (χ0n) is 10.9. The Labute approximate surface area is 115 Å². The van der Waals surface area contributed by atoms with Gasteiger partial charge in [0.1, 0.15) is 6.04 Å². The Bertz CT molecular complexity index is 488. The number of alkyl halides is 3. The molecule has 20 heavy (non-hydrogen) atoms. The summed E-state index contributed by atoms with van der Waals surface area (Å²) < 4.78 is 38.8. The van der Waals surface area contributed by atoms with Crippen molar-refractivity contribution in [3.8, 4) is 0 Å². The van der Waals surface area contributed by atoms with Crippen LogP contribution < -0.4 is 0 Å². The largest absolute Gasteiger partial charge is 0.480 e. The van der Waals surface area contributed by atoms with Crippen molar-refractivity contribution in [2.24, 2.45) is 0 Å². The van der Waals surface area contributed by atoms with E-state index in [4.69, 9.17) is 5.11 Å². The van der Waals surface area contributed by atoms with E-state index < -0.39 is 23.8 Å². The van der Waals surface area contributed by atoms with Gasteiger partial charge in [-0.25, -0.2) is 0 Å². The number of nitrogens with zero attached hydrogens (tertiary/aromatic N) is 1. The molecule has 1 atom stereocenters. The first-order valence-corrected chi connectivity index (χ1v) is 6.51. The number of carboxylic acids is 1. The Morgan fingerprint density at radius 2 is 2.00 bits per heavy atom. The molecule has 1 N–H and O–H groups in total. The predicted octanol–water partition coefficient (Wildman–Crippen LogP) is 3.14. The van der Waals surface area contributed by atoms with Crippen LogP contribution in [0.5, 0.6) is 0 Å². The Kier molecular flexibility index (Phi) is 4.32. The van der Waals surface area contributed by atoms with E-state index in [0.29, 0.717) is 13.0 Å². The zero-order chi connectivity index (χ0) is 14.8. The lowest BCUT2D eigenvalue weighted by Crippen LogP contribution is -2.44. The Balaban J connectivity index is 2.23. The molecule has 1 heterocycles. The highest BCUT2D eigenvalue weighted by Crippen LogP contribution is 2.33. The molecule has 0 saturated carbocycles. The van der Waals surface area contributed by atoms with Gasteiger partial charge in [-0.1, -0.05) is 24.6 Å². The number of aliphatic carboxylic acids is 1. The summed E-state index contributed by atoms with van der Waals surface area (Å²) in [5.41, 5.74) is -0.553. The molecule has 110 valence electrons. The van der Waals surface area contributed by atoms with Crippen molar-refractivity contribution in [1.29, 1.82) is 0 Å². The summed E-state index contributed by atoms with van der Waals surface area (Å²) in [6.07, 6.45) is -2.30. The molecule has 0 aromatic heterocycles. The molecule has 1 unspecified atom stereocenters. The topological polar surface area (TPSA) is 40.5 Å². The average molecular weight is 287 g/mol. The quantitative estimate of drug-likeness (QED) is 0.928. The van der Waals surface area contributed by atoms with E-state index >= 15 is 0 Å². The maximum absolute atomic E-state index is 12.9. The molecular formula is C14H16F3NO2. The van der Waals surface area contributed by atoms with E-state index in [2.05, 4.69) is 0 Å². The molecule has 1 aromatic rings. The molecule has 1 aliphatic heterocycles. The molecule has 1 fully saturated rings. The van der Waals surface area contributed by atoms with E-state index in [1.807, 2.05) is 0 Å². The van der Waals surface area contributed by atoms with E-state index in [1.54, 1.807) is 11.0 Å². The third-order valence-corrected chi connectivity index (χ3v) is 3.59. The zero-order valence-corrected chi connectivity index (χ0v) is 10.9. The van der Waals surface area contributed by atoms with Crippen LogP contribution in [0, 0.1) is 0 Å². The van der Waals surface area contributed by atoms with E-state index in [1.165, 1.54) is 12.1 Å². The smallest absolute Gasteiger partial charge is 0.416 e. The lowest BCUT2D eigenvalue weighted by molar-refractivity contribution is -0.145. The fraction of sp³-hybridized carbons (Fsp3) is 0.500. The maximum Gasteiger partial charge on any atom is 0.416 e. The van der Waals surface area contributed by atoms with Crippen molar-refractivity contribution in [3.05, 3.63) is 35.4 Å². The molecule has 1 aliphatic rings. The molecule has 0 bridgehead atoms. The lowest BCUT2D eigenvalue weighted by atomic mass is 9.99. The number of likely N-dealkylation sites (tertiary alicyclic amines) is 1. The highest BCUT2D eigenvalue weighted by molar-refractivity contribution is 5.73. The number of hydrogen-bond donors (Lipinski definition) is 1. The first-order valence-electron chi connectivity index (χ1n) is 6.51. The molecule has 6 heteroatoms. The monoisotopic (exact) mass is 287 g/mol. The summed E-state index contributed by atoms with van der Waals surface area (Å²) in [5, 5.41) is 9.15. The second-order valence-electron chi connectivity index (χ2n) is 4.98. The fourth-order valence-electron chi connectivity index (χ4n) is 2.61. The first kappa shape index (κ1) is 14.8. The van der Waals surface area contributed by atoms with Gasteiger partial charge in [0.2, 0.25) is 0 Å². The summed E-state index contributed by atoms with van der Waals surface area (Å²) in [6, 6.07) is 4.65. The number of carbonyl (C=O) groups is 1. The number of benzene rings is 1. The molecule has 0 spiro atoms. The number of carboxylic acid groups (broad SMARTS) is 1. The van der Waals surface area contributed by atoms with Crippen molar-refractivity contribution in [2.45, 2.75) is 38.0 Å². The minimum Gasteiger partial charge on any atom is -0.480 e. The van der Waals surface area contributed by atoms with Gasteiger partial charge in [-0.15, -0.1) is 0 Å². The molecule has 1 aromatic carbocycles.